The van der Waals surface area contributed by atoms with Gasteiger partial charge in [-0.25, -0.2) is 0 Å². The Labute approximate surface area is 169 Å². The lowest BCUT2D eigenvalue weighted by Gasteiger charge is -2.17. The molecule has 0 spiro atoms. The Bertz CT molecular complexity index is 994. The van der Waals surface area contributed by atoms with Crippen LogP contribution in [0.5, 0.6) is 5.75 Å². The normalized spacial score (nSPS) is 10.9. The van der Waals surface area contributed by atoms with Crippen molar-refractivity contribution in [3.63, 3.8) is 0 Å². The predicted molar refractivity (Wildman–Crippen MR) is 113 cm³/mol. The molecule has 1 N–H and O–H groups in total. The summed E-state index contributed by atoms with van der Waals surface area (Å²) in [4.78, 5) is 12.6. The number of amides is 1. The van der Waals surface area contributed by atoms with E-state index in [1.54, 1.807) is 24.3 Å². The fourth-order valence-corrected chi connectivity index (χ4v) is 3.86. The van der Waals surface area contributed by atoms with Gasteiger partial charge in [0.25, 0.3) is 5.91 Å². The minimum Gasteiger partial charge on any atom is -0.489 e. The summed E-state index contributed by atoms with van der Waals surface area (Å²) < 4.78 is 5.75. The van der Waals surface area contributed by atoms with Crippen LogP contribution in [0.4, 0.5) is 5.00 Å². The molecular formula is C23H22N2O2S. The average molecular weight is 391 g/mol. The third-order valence-corrected chi connectivity index (χ3v) is 5.20. The van der Waals surface area contributed by atoms with E-state index >= 15 is 0 Å². The molecule has 0 bridgehead atoms. The number of hydrogen-bond acceptors (Lipinski definition) is 4. The number of nitrogens with zero attached hydrogens (tertiary/aromatic N) is 1. The fraction of sp³-hybridized carbons (Fsp3) is 0.217. The second-order valence-electron chi connectivity index (χ2n) is 7.47. The molecule has 0 aliphatic rings. The van der Waals surface area contributed by atoms with Crippen LogP contribution >= 0.6 is 11.3 Å². The monoisotopic (exact) mass is 390 g/mol. The summed E-state index contributed by atoms with van der Waals surface area (Å²) in [7, 11) is 0. The van der Waals surface area contributed by atoms with Gasteiger partial charge in [0.2, 0.25) is 0 Å². The highest BCUT2D eigenvalue weighted by molar-refractivity contribution is 7.14. The van der Waals surface area contributed by atoms with Crippen LogP contribution < -0.4 is 10.1 Å². The summed E-state index contributed by atoms with van der Waals surface area (Å²) in [6, 6.07) is 19.1. The van der Waals surface area contributed by atoms with Gasteiger partial charge in [-0.05, 0) is 46.2 Å². The number of carbonyl (C=O) groups is 1. The fourth-order valence-electron chi connectivity index (χ4n) is 2.73. The van der Waals surface area contributed by atoms with E-state index in [2.05, 4.69) is 32.2 Å². The van der Waals surface area contributed by atoms with E-state index in [4.69, 9.17) is 4.74 Å². The number of ether oxygens (including phenoxy) is 1. The lowest BCUT2D eigenvalue weighted by molar-refractivity contribution is 0.102. The van der Waals surface area contributed by atoms with Crippen molar-refractivity contribution in [3.8, 4) is 11.8 Å². The summed E-state index contributed by atoms with van der Waals surface area (Å²) in [5.74, 6) is 0.456. The van der Waals surface area contributed by atoms with E-state index in [-0.39, 0.29) is 11.3 Å². The van der Waals surface area contributed by atoms with Gasteiger partial charge >= 0.3 is 0 Å². The summed E-state index contributed by atoms with van der Waals surface area (Å²) in [5, 5.41) is 14.9. The van der Waals surface area contributed by atoms with Crippen LogP contribution in [0.25, 0.3) is 0 Å². The van der Waals surface area contributed by atoms with E-state index in [0.717, 1.165) is 11.1 Å². The quantitative estimate of drug-likeness (QED) is 0.603. The molecule has 1 heterocycles. The molecule has 4 nitrogen and oxygen atoms in total. The average Bonchev–Trinajstić information content (AvgIpc) is 3.10. The van der Waals surface area contributed by atoms with Crippen LogP contribution in [0.15, 0.2) is 60.0 Å². The molecule has 0 aliphatic heterocycles. The first-order valence-electron chi connectivity index (χ1n) is 8.98. The van der Waals surface area contributed by atoms with Crippen LogP contribution in [-0.2, 0) is 12.0 Å². The molecule has 1 aromatic heterocycles. The van der Waals surface area contributed by atoms with Crippen LogP contribution in [0, 0.1) is 11.3 Å². The zero-order valence-corrected chi connectivity index (χ0v) is 17.0. The van der Waals surface area contributed by atoms with Gasteiger partial charge in [0, 0.05) is 5.56 Å². The van der Waals surface area contributed by atoms with Gasteiger partial charge in [-0.1, -0.05) is 51.1 Å². The molecule has 0 atom stereocenters. The van der Waals surface area contributed by atoms with Gasteiger partial charge in [-0.15, -0.1) is 11.3 Å². The minimum absolute atomic E-state index is 0.151. The number of hydrogen-bond donors (Lipinski definition) is 1. The van der Waals surface area contributed by atoms with Crippen LogP contribution in [0.1, 0.15) is 47.8 Å². The zero-order chi connectivity index (χ0) is 20.1. The predicted octanol–water partition coefficient (Wildman–Crippen LogP) is 5.75. The Hall–Kier alpha value is -3.10. The smallest absolute Gasteiger partial charge is 0.256 e. The zero-order valence-electron chi connectivity index (χ0n) is 16.2. The molecule has 5 heteroatoms. The van der Waals surface area contributed by atoms with E-state index < -0.39 is 0 Å². The van der Waals surface area contributed by atoms with Crippen molar-refractivity contribution in [2.75, 3.05) is 5.32 Å². The maximum atomic E-state index is 12.6. The summed E-state index contributed by atoms with van der Waals surface area (Å²) in [6.07, 6.45) is 0. The lowest BCUT2D eigenvalue weighted by atomic mass is 9.86. The molecule has 0 fully saturated rings. The van der Waals surface area contributed by atoms with Gasteiger partial charge in [-0.3, -0.25) is 4.79 Å². The molecule has 0 saturated carbocycles. The Balaban J connectivity index is 1.67. The molecule has 2 aromatic carbocycles. The van der Waals surface area contributed by atoms with Crippen molar-refractivity contribution in [1.29, 1.82) is 5.26 Å². The Morgan fingerprint density at radius 1 is 1.11 bits per heavy atom. The number of carbonyl (C=O) groups excluding carboxylic acids is 1. The molecule has 0 unspecified atom stereocenters. The maximum absolute atomic E-state index is 12.6. The highest BCUT2D eigenvalue weighted by atomic mass is 32.1. The van der Waals surface area contributed by atoms with Crippen molar-refractivity contribution in [2.24, 2.45) is 0 Å². The van der Waals surface area contributed by atoms with Crippen molar-refractivity contribution in [2.45, 2.75) is 32.8 Å². The third kappa shape index (κ3) is 4.59. The molecule has 0 aliphatic carbocycles. The summed E-state index contributed by atoms with van der Waals surface area (Å²) in [6.45, 7) is 6.63. The summed E-state index contributed by atoms with van der Waals surface area (Å²) in [5.41, 5.74) is 2.93. The summed E-state index contributed by atoms with van der Waals surface area (Å²) >= 11 is 1.38. The van der Waals surface area contributed by atoms with Crippen molar-refractivity contribution >= 4 is 22.2 Å². The highest BCUT2D eigenvalue weighted by Crippen LogP contribution is 2.35. The number of benzene rings is 2. The first kappa shape index (κ1) is 19.7. The molecule has 28 heavy (non-hydrogen) atoms. The van der Waals surface area contributed by atoms with Gasteiger partial charge in [-0.2, -0.15) is 5.26 Å². The van der Waals surface area contributed by atoms with E-state index in [1.165, 1.54) is 11.3 Å². The molecule has 0 saturated heterocycles. The molecular weight excluding hydrogens is 368 g/mol. The van der Waals surface area contributed by atoms with E-state index in [9.17, 15) is 10.1 Å². The number of rotatable bonds is 5. The van der Waals surface area contributed by atoms with Crippen LogP contribution in [0.2, 0.25) is 0 Å². The van der Waals surface area contributed by atoms with Gasteiger partial charge < -0.3 is 10.1 Å². The van der Waals surface area contributed by atoms with Crippen molar-refractivity contribution in [1.82, 2.24) is 0 Å². The molecule has 3 rings (SSSR count). The topological polar surface area (TPSA) is 62.1 Å². The Morgan fingerprint density at radius 2 is 1.79 bits per heavy atom. The molecule has 142 valence electrons. The number of nitrogens with one attached hydrogen (secondary N) is 1. The standard InChI is InChI=1S/C23H22N2O2S/c1-23(2,3)20-15-28-22(19(20)13-24)25-21(26)17-9-11-18(12-10-17)27-14-16-7-5-4-6-8-16/h4-12,15H,14H2,1-3H3,(H,25,26). The second kappa shape index (κ2) is 8.28. The molecule has 3 aromatic rings. The second-order valence-corrected chi connectivity index (χ2v) is 8.35. The third-order valence-electron chi connectivity index (χ3n) is 4.30. The van der Waals surface area contributed by atoms with Gasteiger partial charge in [0.15, 0.2) is 0 Å². The van der Waals surface area contributed by atoms with Crippen LogP contribution in [-0.4, -0.2) is 5.91 Å². The maximum Gasteiger partial charge on any atom is 0.256 e. The largest absolute Gasteiger partial charge is 0.489 e. The Kier molecular flexibility index (Phi) is 5.81. The Morgan fingerprint density at radius 3 is 2.39 bits per heavy atom. The SMILES string of the molecule is CC(C)(C)c1csc(NC(=O)c2ccc(OCc3ccccc3)cc2)c1C#N. The highest BCUT2D eigenvalue weighted by Gasteiger charge is 2.23. The van der Waals surface area contributed by atoms with Gasteiger partial charge in [0.1, 0.15) is 23.4 Å². The lowest BCUT2D eigenvalue weighted by Crippen LogP contribution is -2.14. The molecule has 1 amide bonds. The van der Waals surface area contributed by atoms with Crippen molar-refractivity contribution in [3.05, 3.63) is 82.2 Å². The van der Waals surface area contributed by atoms with E-state index in [0.29, 0.717) is 28.5 Å². The van der Waals surface area contributed by atoms with Crippen LogP contribution in [0.3, 0.4) is 0 Å². The van der Waals surface area contributed by atoms with E-state index in [1.807, 2.05) is 35.7 Å². The first-order valence-corrected chi connectivity index (χ1v) is 9.86. The molecule has 0 radical (unpaired) electrons. The first-order chi connectivity index (χ1) is 13.4. The van der Waals surface area contributed by atoms with Gasteiger partial charge in [0.05, 0.1) is 5.56 Å². The number of anilines is 1. The number of thiophene rings is 1. The van der Waals surface area contributed by atoms with Crippen molar-refractivity contribution < 1.29 is 9.53 Å². The number of nitriles is 1. The minimum atomic E-state index is -0.242.